The van der Waals surface area contributed by atoms with Crippen molar-refractivity contribution in [2.75, 3.05) is 19.1 Å². The fourth-order valence-corrected chi connectivity index (χ4v) is 2.17. The van der Waals surface area contributed by atoms with Crippen LogP contribution in [0, 0.1) is 0 Å². The van der Waals surface area contributed by atoms with Crippen molar-refractivity contribution in [1.82, 2.24) is 4.98 Å². The summed E-state index contributed by atoms with van der Waals surface area (Å²) in [6, 6.07) is 1.40. The number of nitrogens with two attached hydrogens (primary N) is 1. The van der Waals surface area contributed by atoms with E-state index in [9.17, 15) is 8.42 Å². The molecule has 0 saturated carbocycles. The van der Waals surface area contributed by atoms with Gasteiger partial charge in [0.05, 0.1) is 18.5 Å². The molecule has 0 atom stereocenters. The molecule has 0 aromatic carbocycles. The Morgan fingerprint density at radius 2 is 2.00 bits per heavy atom. The van der Waals surface area contributed by atoms with Crippen LogP contribution in [0.3, 0.4) is 0 Å². The Kier molecular flexibility index (Phi) is 3.42. The van der Waals surface area contributed by atoms with Gasteiger partial charge in [-0.25, -0.2) is 13.4 Å². The van der Waals surface area contributed by atoms with Crippen LogP contribution in [0.2, 0.25) is 0 Å². The molecular weight excluding hydrogens is 228 g/mol. The quantitative estimate of drug-likeness (QED) is 0.863. The highest BCUT2D eigenvalue weighted by atomic mass is 32.2. The van der Waals surface area contributed by atoms with Crippen LogP contribution >= 0.6 is 0 Å². The smallest absolute Gasteiger partial charge is 0.232 e. The van der Waals surface area contributed by atoms with Crippen molar-refractivity contribution in [3.8, 4) is 5.88 Å². The third-order valence-corrected chi connectivity index (χ3v) is 3.25. The molecule has 1 heterocycles. The van der Waals surface area contributed by atoms with E-state index in [2.05, 4.69) is 4.98 Å². The van der Waals surface area contributed by atoms with Gasteiger partial charge >= 0.3 is 0 Å². The zero-order chi connectivity index (χ0) is 12.5. The van der Waals surface area contributed by atoms with E-state index in [-0.39, 0.29) is 16.7 Å². The average Bonchev–Trinajstić information content (AvgIpc) is 2.15. The first-order valence-electron chi connectivity index (χ1n) is 4.81. The number of aromatic nitrogens is 1. The molecule has 0 aliphatic rings. The number of ether oxygens (including phenoxy) is 1. The van der Waals surface area contributed by atoms with Crippen molar-refractivity contribution in [3.05, 3.63) is 11.8 Å². The fourth-order valence-electron chi connectivity index (χ4n) is 1.38. The third kappa shape index (κ3) is 2.44. The predicted molar refractivity (Wildman–Crippen MR) is 62.4 cm³/mol. The van der Waals surface area contributed by atoms with E-state index in [1.54, 1.807) is 0 Å². The van der Waals surface area contributed by atoms with Crippen molar-refractivity contribution in [2.45, 2.75) is 24.7 Å². The number of methoxy groups -OCH3 is 1. The van der Waals surface area contributed by atoms with Gasteiger partial charge in [-0.05, 0) is 12.0 Å². The minimum atomic E-state index is -3.38. The molecule has 2 N–H and O–H groups in total. The van der Waals surface area contributed by atoms with Crippen LogP contribution in [0.4, 0.5) is 5.69 Å². The lowest BCUT2D eigenvalue weighted by atomic mass is 10.1. The third-order valence-electron chi connectivity index (χ3n) is 2.15. The van der Waals surface area contributed by atoms with Crippen molar-refractivity contribution in [2.24, 2.45) is 0 Å². The molecule has 0 aliphatic carbocycles. The maximum Gasteiger partial charge on any atom is 0.232 e. The van der Waals surface area contributed by atoms with Gasteiger partial charge in [0.2, 0.25) is 5.88 Å². The first-order chi connectivity index (χ1) is 7.27. The molecule has 1 rings (SSSR count). The van der Waals surface area contributed by atoms with Gasteiger partial charge in [-0.3, -0.25) is 0 Å². The van der Waals surface area contributed by atoms with E-state index < -0.39 is 9.84 Å². The van der Waals surface area contributed by atoms with Crippen LogP contribution in [0.1, 0.15) is 25.5 Å². The summed E-state index contributed by atoms with van der Waals surface area (Å²) < 4.78 is 27.9. The van der Waals surface area contributed by atoms with E-state index >= 15 is 0 Å². The van der Waals surface area contributed by atoms with Gasteiger partial charge in [0.25, 0.3) is 0 Å². The van der Waals surface area contributed by atoms with E-state index in [4.69, 9.17) is 10.5 Å². The monoisotopic (exact) mass is 244 g/mol. The maximum absolute atomic E-state index is 11.5. The van der Waals surface area contributed by atoms with Gasteiger partial charge < -0.3 is 10.5 Å². The number of sulfone groups is 1. The molecule has 0 saturated heterocycles. The Labute approximate surface area is 95.6 Å². The zero-order valence-corrected chi connectivity index (χ0v) is 10.6. The summed E-state index contributed by atoms with van der Waals surface area (Å²) in [4.78, 5) is 4.16. The molecule has 6 heteroatoms. The van der Waals surface area contributed by atoms with Crippen LogP contribution < -0.4 is 10.5 Å². The molecule has 0 amide bonds. The van der Waals surface area contributed by atoms with Gasteiger partial charge in [-0.15, -0.1) is 0 Å². The minimum Gasteiger partial charge on any atom is -0.480 e. The highest BCUT2D eigenvalue weighted by Gasteiger charge is 2.19. The highest BCUT2D eigenvalue weighted by molar-refractivity contribution is 7.90. The Balaban J connectivity index is 3.51. The molecule has 90 valence electrons. The van der Waals surface area contributed by atoms with Crippen molar-refractivity contribution in [3.63, 3.8) is 0 Å². The van der Waals surface area contributed by atoms with Gasteiger partial charge in [-0.1, -0.05) is 13.8 Å². The van der Waals surface area contributed by atoms with Gasteiger partial charge in [0, 0.05) is 6.26 Å². The van der Waals surface area contributed by atoms with E-state index in [0.29, 0.717) is 11.4 Å². The number of hydrogen-bond donors (Lipinski definition) is 1. The molecular formula is C10H16N2O3S. The van der Waals surface area contributed by atoms with E-state index in [0.717, 1.165) is 6.26 Å². The molecule has 1 aromatic heterocycles. The van der Waals surface area contributed by atoms with Crippen molar-refractivity contribution < 1.29 is 13.2 Å². The lowest BCUT2D eigenvalue weighted by Gasteiger charge is -2.13. The molecule has 0 spiro atoms. The van der Waals surface area contributed by atoms with Gasteiger partial charge in [0.1, 0.15) is 4.90 Å². The molecule has 0 bridgehead atoms. The SMILES string of the molecule is COc1nc(C(C)C)c(N)cc1S(C)(=O)=O. The second kappa shape index (κ2) is 4.29. The lowest BCUT2D eigenvalue weighted by molar-refractivity contribution is 0.383. The molecule has 0 unspecified atom stereocenters. The first-order valence-corrected chi connectivity index (χ1v) is 6.71. The maximum atomic E-state index is 11.5. The summed E-state index contributed by atoms with van der Waals surface area (Å²) in [5.41, 5.74) is 6.77. The number of nitrogen functional groups attached to an aromatic ring is 1. The van der Waals surface area contributed by atoms with Gasteiger partial charge in [-0.2, -0.15) is 0 Å². The van der Waals surface area contributed by atoms with Gasteiger partial charge in [0.15, 0.2) is 9.84 Å². The Morgan fingerprint density at radius 1 is 1.44 bits per heavy atom. The standard InChI is InChI=1S/C10H16N2O3S/c1-6(2)9-7(11)5-8(16(4,13)14)10(12-9)15-3/h5-6H,11H2,1-4H3. The molecule has 1 aromatic rings. The highest BCUT2D eigenvalue weighted by Crippen LogP contribution is 2.29. The zero-order valence-electron chi connectivity index (χ0n) is 9.81. The van der Waals surface area contributed by atoms with Crippen LogP contribution in [0.25, 0.3) is 0 Å². The Hall–Kier alpha value is -1.30. The van der Waals surface area contributed by atoms with Crippen LogP contribution in [-0.2, 0) is 9.84 Å². The van der Waals surface area contributed by atoms with E-state index in [1.807, 2.05) is 13.8 Å². The summed E-state index contributed by atoms with van der Waals surface area (Å²) in [5.74, 6) is 0.211. The molecule has 0 fully saturated rings. The first kappa shape index (κ1) is 12.8. The Bertz CT molecular complexity index is 495. The van der Waals surface area contributed by atoms with Crippen LogP contribution in [0.15, 0.2) is 11.0 Å². The number of anilines is 1. The van der Waals surface area contributed by atoms with Crippen LogP contribution in [0.5, 0.6) is 5.88 Å². The summed E-state index contributed by atoms with van der Waals surface area (Å²) in [7, 11) is -1.99. The number of pyridine rings is 1. The summed E-state index contributed by atoms with van der Waals surface area (Å²) in [6.07, 6.45) is 1.10. The summed E-state index contributed by atoms with van der Waals surface area (Å²) >= 11 is 0. The topological polar surface area (TPSA) is 82.3 Å². The Morgan fingerprint density at radius 3 is 2.38 bits per heavy atom. The number of hydrogen-bond acceptors (Lipinski definition) is 5. The largest absolute Gasteiger partial charge is 0.480 e. The molecule has 16 heavy (non-hydrogen) atoms. The minimum absolute atomic E-state index is 0.0249. The van der Waals surface area contributed by atoms with Crippen molar-refractivity contribution in [1.29, 1.82) is 0 Å². The predicted octanol–water partition coefficient (Wildman–Crippen LogP) is 1.20. The van der Waals surface area contributed by atoms with E-state index in [1.165, 1.54) is 13.2 Å². The average molecular weight is 244 g/mol. The second-order valence-corrected chi connectivity index (χ2v) is 5.88. The molecule has 5 nitrogen and oxygen atoms in total. The lowest BCUT2D eigenvalue weighted by Crippen LogP contribution is -2.08. The van der Waals surface area contributed by atoms with Crippen LogP contribution in [-0.4, -0.2) is 26.8 Å². The molecule has 0 radical (unpaired) electrons. The number of rotatable bonds is 3. The normalized spacial score (nSPS) is 11.8. The summed E-state index contributed by atoms with van der Waals surface area (Å²) in [6.45, 7) is 3.86. The second-order valence-electron chi connectivity index (χ2n) is 3.90. The van der Waals surface area contributed by atoms with Crippen molar-refractivity contribution >= 4 is 15.5 Å². The molecule has 0 aliphatic heterocycles. The number of nitrogens with zero attached hydrogens (tertiary/aromatic N) is 1. The fraction of sp³-hybridized carbons (Fsp3) is 0.500. The summed E-state index contributed by atoms with van der Waals surface area (Å²) in [5, 5.41) is 0.